The maximum atomic E-state index is 9.05. The minimum absolute atomic E-state index is 0.391. The van der Waals surface area contributed by atoms with Crippen molar-refractivity contribution in [1.29, 1.82) is 0 Å². The van der Waals surface area contributed by atoms with Crippen LogP contribution in [0.1, 0.15) is 0 Å². The molecule has 0 aliphatic carbocycles. The summed E-state index contributed by atoms with van der Waals surface area (Å²) in [5.41, 5.74) is 3.08. The van der Waals surface area contributed by atoms with E-state index in [1.165, 1.54) is 20.2 Å². The van der Waals surface area contributed by atoms with E-state index >= 15 is 0 Å². The smallest absolute Gasteiger partial charge is 0.512 e. The lowest BCUT2D eigenvalue weighted by molar-refractivity contribution is 0.288. The topological polar surface area (TPSA) is 52.9 Å². The van der Waals surface area contributed by atoms with Gasteiger partial charge in [-0.15, -0.1) is 11.3 Å². The minimum Gasteiger partial charge on any atom is -0.512 e. The lowest BCUT2D eigenvalue weighted by Crippen LogP contribution is -2.20. The number of hydrogen-bond acceptors (Lipinski definition) is 5. The molecule has 5 aromatic rings. The fraction of sp³-hybridized carbons (Fsp3) is 0. The lowest BCUT2D eigenvalue weighted by Gasteiger charge is -2.26. The molecule has 6 heteroatoms. The number of benzene rings is 4. The average molecular weight is 411 g/mol. The molecule has 0 fully saturated rings. The van der Waals surface area contributed by atoms with Crippen LogP contribution in [0.5, 0.6) is 5.75 Å². The lowest BCUT2D eigenvalue weighted by atomic mass is 10.1. The van der Waals surface area contributed by atoms with Crippen LogP contribution < -0.4 is 9.55 Å². The summed E-state index contributed by atoms with van der Waals surface area (Å²) in [6, 6.07) is 32.3. The minimum atomic E-state index is -1.84. The third-order valence-corrected chi connectivity index (χ3v) is 6.18. The maximum Gasteiger partial charge on any atom is 0.707 e. The molecule has 0 bridgehead atoms. The van der Waals surface area contributed by atoms with Gasteiger partial charge in [0.15, 0.2) is 0 Å². The average Bonchev–Trinajstić information content (AvgIpc) is 3.15. The number of thiophene rings is 1. The number of hydrogen-bond donors (Lipinski definition) is 2. The quantitative estimate of drug-likeness (QED) is 0.355. The molecule has 0 amide bonds. The first kappa shape index (κ1) is 18.7. The summed E-state index contributed by atoms with van der Waals surface area (Å²) >= 11 is 1.79. The molecule has 0 saturated heterocycles. The molecule has 5 rings (SSSR count). The first-order valence-corrected chi connectivity index (χ1v) is 10.4. The van der Waals surface area contributed by atoms with Crippen LogP contribution in [-0.2, 0) is 0 Å². The predicted octanol–water partition coefficient (Wildman–Crippen LogP) is 5.87. The Balaban J connectivity index is 1.70. The molecule has 0 unspecified atom stereocenters. The highest BCUT2D eigenvalue weighted by atomic mass is 32.1. The van der Waals surface area contributed by atoms with Crippen LogP contribution in [0.3, 0.4) is 0 Å². The van der Waals surface area contributed by atoms with Crippen molar-refractivity contribution in [2.45, 2.75) is 0 Å². The Bertz CT molecular complexity index is 1300. The van der Waals surface area contributed by atoms with Gasteiger partial charge in [0.2, 0.25) is 0 Å². The molecular formula is C24H18BNO3S. The monoisotopic (exact) mass is 411 g/mol. The Labute approximate surface area is 178 Å². The fourth-order valence-corrected chi connectivity index (χ4v) is 4.91. The molecule has 0 atom stereocenters. The van der Waals surface area contributed by atoms with Crippen LogP contribution in [0.25, 0.3) is 20.2 Å². The van der Waals surface area contributed by atoms with Gasteiger partial charge in [0.1, 0.15) is 5.75 Å². The number of anilines is 3. The molecule has 0 saturated carbocycles. The summed E-state index contributed by atoms with van der Waals surface area (Å²) in [5, 5.41) is 20.6. The van der Waals surface area contributed by atoms with E-state index in [0.717, 1.165) is 17.1 Å². The highest BCUT2D eigenvalue weighted by molar-refractivity contribution is 7.26. The van der Waals surface area contributed by atoms with Crippen molar-refractivity contribution in [3.63, 3.8) is 0 Å². The number of para-hydroxylation sites is 1. The predicted molar refractivity (Wildman–Crippen MR) is 125 cm³/mol. The van der Waals surface area contributed by atoms with Gasteiger partial charge in [-0.2, -0.15) is 0 Å². The second-order valence-corrected chi connectivity index (χ2v) is 7.91. The first-order chi connectivity index (χ1) is 14.7. The van der Waals surface area contributed by atoms with Crippen molar-refractivity contribution in [2.24, 2.45) is 0 Å². The molecule has 4 nitrogen and oxygen atoms in total. The van der Waals surface area contributed by atoms with E-state index in [1.807, 2.05) is 30.3 Å². The van der Waals surface area contributed by atoms with Crippen molar-refractivity contribution in [3.05, 3.63) is 97.1 Å². The van der Waals surface area contributed by atoms with Gasteiger partial charge < -0.3 is 19.6 Å². The molecular weight excluding hydrogens is 393 g/mol. The van der Waals surface area contributed by atoms with Crippen LogP contribution in [0, 0.1) is 0 Å². The molecule has 0 aliphatic rings. The first-order valence-electron chi connectivity index (χ1n) is 9.59. The van der Waals surface area contributed by atoms with E-state index in [-0.39, 0.29) is 0 Å². The molecule has 1 heterocycles. The molecule has 0 spiro atoms. The zero-order valence-electron chi connectivity index (χ0n) is 16.0. The number of fused-ring (bicyclic) bond motifs is 3. The van der Waals surface area contributed by atoms with Crippen LogP contribution in [0.2, 0.25) is 0 Å². The number of nitrogens with zero attached hydrogens (tertiary/aromatic N) is 1. The molecule has 1 aromatic heterocycles. The van der Waals surface area contributed by atoms with Crippen molar-refractivity contribution >= 4 is 55.9 Å². The van der Waals surface area contributed by atoms with Gasteiger partial charge in [-0.3, -0.25) is 0 Å². The van der Waals surface area contributed by atoms with Crippen molar-refractivity contribution in [3.8, 4) is 5.75 Å². The van der Waals surface area contributed by atoms with E-state index in [1.54, 1.807) is 23.5 Å². The van der Waals surface area contributed by atoms with E-state index in [4.69, 9.17) is 14.7 Å². The summed E-state index contributed by atoms with van der Waals surface area (Å²) in [5.74, 6) is 0.391. The maximum absolute atomic E-state index is 9.05. The summed E-state index contributed by atoms with van der Waals surface area (Å²) in [6.07, 6.45) is 0. The summed E-state index contributed by atoms with van der Waals surface area (Å²) in [7, 11) is -1.84. The van der Waals surface area contributed by atoms with E-state index in [2.05, 4.69) is 59.5 Å². The third kappa shape index (κ3) is 3.41. The second-order valence-electron chi connectivity index (χ2n) is 6.86. The summed E-state index contributed by atoms with van der Waals surface area (Å²) in [4.78, 5) is 2.21. The van der Waals surface area contributed by atoms with Crippen molar-refractivity contribution in [2.75, 3.05) is 4.90 Å². The van der Waals surface area contributed by atoms with Gasteiger partial charge in [0.05, 0.1) is 10.4 Å². The van der Waals surface area contributed by atoms with E-state index in [0.29, 0.717) is 5.75 Å². The van der Waals surface area contributed by atoms with Gasteiger partial charge >= 0.3 is 7.32 Å². The van der Waals surface area contributed by atoms with E-state index < -0.39 is 7.32 Å². The van der Waals surface area contributed by atoms with Crippen LogP contribution >= 0.6 is 11.3 Å². The normalized spacial score (nSPS) is 11.0. The Morgan fingerprint density at radius 2 is 1.33 bits per heavy atom. The molecule has 2 N–H and O–H groups in total. The van der Waals surface area contributed by atoms with Crippen LogP contribution in [0.15, 0.2) is 97.1 Å². The van der Waals surface area contributed by atoms with Crippen molar-refractivity contribution < 1.29 is 14.7 Å². The van der Waals surface area contributed by atoms with Gasteiger partial charge in [0, 0.05) is 26.8 Å². The fourth-order valence-electron chi connectivity index (χ4n) is 3.71. The second kappa shape index (κ2) is 7.84. The highest BCUT2D eigenvalue weighted by Gasteiger charge is 2.18. The van der Waals surface area contributed by atoms with Gasteiger partial charge in [-0.1, -0.05) is 48.5 Å². The van der Waals surface area contributed by atoms with E-state index in [9.17, 15) is 0 Å². The highest BCUT2D eigenvalue weighted by Crippen LogP contribution is 2.44. The molecule has 0 radical (unpaired) electrons. The Kier molecular flexibility index (Phi) is 4.89. The molecule has 146 valence electrons. The third-order valence-electron chi connectivity index (χ3n) is 4.98. The van der Waals surface area contributed by atoms with Gasteiger partial charge in [-0.25, -0.2) is 0 Å². The zero-order chi connectivity index (χ0) is 20.5. The Morgan fingerprint density at radius 3 is 2.10 bits per heavy atom. The van der Waals surface area contributed by atoms with Gasteiger partial charge in [0.25, 0.3) is 0 Å². The Morgan fingerprint density at radius 1 is 0.667 bits per heavy atom. The standard InChI is InChI=1S/C24H18BNO3S/c27-25(28)29-19-15-13-18(14-16-19)26(17-7-2-1-3-8-17)22-11-6-10-21-20-9-4-5-12-23(20)30-24(21)22/h1-16,27-28H. The Hall–Kier alpha value is -3.32. The van der Waals surface area contributed by atoms with Crippen LogP contribution in [0.4, 0.5) is 17.1 Å². The SMILES string of the molecule is OB(O)Oc1ccc(N(c2ccccc2)c2cccc3c2sc2ccccc23)cc1. The van der Waals surface area contributed by atoms with Gasteiger partial charge in [-0.05, 0) is 48.5 Å². The number of rotatable bonds is 5. The largest absolute Gasteiger partial charge is 0.707 e. The molecule has 0 aliphatic heterocycles. The molecule has 30 heavy (non-hydrogen) atoms. The zero-order valence-corrected chi connectivity index (χ0v) is 16.8. The summed E-state index contributed by atoms with van der Waals surface area (Å²) < 4.78 is 7.44. The summed E-state index contributed by atoms with van der Waals surface area (Å²) in [6.45, 7) is 0. The van der Waals surface area contributed by atoms with Crippen molar-refractivity contribution in [1.82, 2.24) is 0 Å². The molecule has 4 aromatic carbocycles. The van der Waals surface area contributed by atoms with Crippen LogP contribution in [-0.4, -0.2) is 17.4 Å².